The Morgan fingerprint density at radius 1 is 1.12 bits per heavy atom. The highest BCUT2D eigenvalue weighted by atomic mass is 16.3. The first-order valence-corrected chi connectivity index (χ1v) is 6.72. The molecule has 1 rings (SSSR count). The summed E-state index contributed by atoms with van der Waals surface area (Å²) in [6, 6.07) is 8.55. The van der Waals surface area contributed by atoms with Crippen LogP contribution in [0.2, 0.25) is 0 Å². The third-order valence-electron chi connectivity index (χ3n) is 3.04. The molecule has 0 bridgehead atoms. The predicted molar refractivity (Wildman–Crippen MR) is 74.3 cm³/mol. The number of anilines is 1. The fourth-order valence-corrected chi connectivity index (χ4v) is 2.20. The van der Waals surface area contributed by atoms with Gasteiger partial charge in [-0.15, -0.1) is 0 Å². The monoisotopic (exact) mass is 235 g/mol. The van der Waals surface area contributed by atoms with E-state index in [0.717, 1.165) is 11.3 Å². The molecule has 1 aromatic rings. The van der Waals surface area contributed by atoms with Crippen LogP contribution in [0.5, 0.6) is 0 Å². The molecule has 2 heteroatoms. The Kier molecular flexibility index (Phi) is 6.06. The van der Waals surface area contributed by atoms with E-state index < -0.39 is 6.10 Å². The van der Waals surface area contributed by atoms with E-state index in [2.05, 4.69) is 25.2 Å². The molecule has 0 aromatic heterocycles. The molecular weight excluding hydrogens is 210 g/mol. The van der Waals surface area contributed by atoms with Crippen LogP contribution in [0.1, 0.15) is 58.1 Å². The van der Waals surface area contributed by atoms with E-state index in [-0.39, 0.29) is 0 Å². The first kappa shape index (κ1) is 14.0. The Morgan fingerprint density at radius 3 is 2.24 bits per heavy atom. The molecule has 0 aliphatic heterocycles. The van der Waals surface area contributed by atoms with Gasteiger partial charge in [0.05, 0.1) is 6.10 Å². The quantitative estimate of drug-likeness (QED) is 0.745. The van der Waals surface area contributed by atoms with Crippen LogP contribution in [0.4, 0.5) is 5.69 Å². The fourth-order valence-electron chi connectivity index (χ4n) is 2.20. The summed E-state index contributed by atoms with van der Waals surface area (Å²) in [5.41, 5.74) is 2.07. The van der Waals surface area contributed by atoms with Gasteiger partial charge < -0.3 is 10.4 Å². The van der Waals surface area contributed by atoms with Gasteiger partial charge in [-0.1, -0.05) is 44.9 Å². The highest BCUT2D eigenvalue weighted by Crippen LogP contribution is 2.24. The molecule has 2 nitrogen and oxygen atoms in total. The largest absolute Gasteiger partial charge is 0.389 e. The summed E-state index contributed by atoms with van der Waals surface area (Å²) in [7, 11) is 0. The van der Waals surface area contributed by atoms with E-state index in [1.165, 1.54) is 25.7 Å². The van der Waals surface area contributed by atoms with Crippen molar-refractivity contribution in [1.29, 1.82) is 0 Å². The standard InChI is InChI=1S/C15H25NO/c1-4-8-13(9-5-2)16-15-11-7-6-10-14(15)12(3)17/h6-7,10-13,16-17H,4-5,8-9H2,1-3H3. The van der Waals surface area contributed by atoms with Gasteiger partial charge in [0, 0.05) is 17.3 Å². The Bertz CT molecular complexity index is 316. The van der Waals surface area contributed by atoms with Gasteiger partial charge in [0.15, 0.2) is 0 Å². The van der Waals surface area contributed by atoms with Gasteiger partial charge >= 0.3 is 0 Å². The van der Waals surface area contributed by atoms with Crippen LogP contribution >= 0.6 is 0 Å². The summed E-state index contributed by atoms with van der Waals surface area (Å²) >= 11 is 0. The number of aliphatic hydroxyl groups is 1. The summed E-state index contributed by atoms with van der Waals surface area (Å²) in [6.45, 7) is 6.24. The maximum absolute atomic E-state index is 9.74. The molecule has 1 aromatic carbocycles. The molecule has 0 fully saturated rings. The lowest BCUT2D eigenvalue weighted by molar-refractivity contribution is 0.200. The second kappa shape index (κ2) is 7.33. The molecule has 0 radical (unpaired) electrons. The molecule has 0 spiro atoms. The number of para-hydroxylation sites is 1. The zero-order chi connectivity index (χ0) is 12.7. The molecule has 1 atom stereocenters. The molecule has 0 saturated carbocycles. The van der Waals surface area contributed by atoms with Crippen molar-refractivity contribution in [3.8, 4) is 0 Å². The van der Waals surface area contributed by atoms with E-state index in [9.17, 15) is 5.11 Å². The zero-order valence-corrected chi connectivity index (χ0v) is 11.2. The van der Waals surface area contributed by atoms with Gasteiger partial charge in [-0.3, -0.25) is 0 Å². The first-order valence-electron chi connectivity index (χ1n) is 6.72. The zero-order valence-electron chi connectivity index (χ0n) is 11.2. The molecule has 0 saturated heterocycles. The van der Waals surface area contributed by atoms with E-state index in [0.29, 0.717) is 6.04 Å². The van der Waals surface area contributed by atoms with Gasteiger partial charge in [-0.05, 0) is 25.8 Å². The molecule has 17 heavy (non-hydrogen) atoms. The fraction of sp³-hybridized carbons (Fsp3) is 0.600. The van der Waals surface area contributed by atoms with Gasteiger partial charge in [0.25, 0.3) is 0 Å². The lowest BCUT2D eigenvalue weighted by Crippen LogP contribution is -2.20. The maximum Gasteiger partial charge on any atom is 0.0781 e. The van der Waals surface area contributed by atoms with E-state index >= 15 is 0 Å². The summed E-state index contributed by atoms with van der Waals surface area (Å²) in [4.78, 5) is 0. The Hall–Kier alpha value is -1.02. The number of nitrogens with one attached hydrogen (secondary N) is 1. The molecule has 2 N–H and O–H groups in total. The summed E-state index contributed by atoms with van der Waals surface area (Å²) < 4.78 is 0. The number of rotatable bonds is 7. The molecule has 0 aliphatic rings. The van der Waals surface area contributed by atoms with Crippen molar-refractivity contribution in [3.05, 3.63) is 29.8 Å². The van der Waals surface area contributed by atoms with Crippen LogP contribution in [-0.4, -0.2) is 11.1 Å². The number of aliphatic hydroxyl groups excluding tert-OH is 1. The van der Waals surface area contributed by atoms with Crippen molar-refractivity contribution in [2.75, 3.05) is 5.32 Å². The van der Waals surface area contributed by atoms with Crippen molar-refractivity contribution in [2.24, 2.45) is 0 Å². The molecule has 1 unspecified atom stereocenters. The minimum atomic E-state index is -0.414. The maximum atomic E-state index is 9.74. The number of hydrogen-bond acceptors (Lipinski definition) is 2. The average Bonchev–Trinajstić information content (AvgIpc) is 2.30. The van der Waals surface area contributed by atoms with Gasteiger partial charge in [0.2, 0.25) is 0 Å². The molecule has 0 amide bonds. The first-order chi connectivity index (χ1) is 8.19. The van der Waals surface area contributed by atoms with Crippen LogP contribution < -0.4 is 5.32 Å². The second-order valence-electron chi connectivity index (χ2n) is 4.68. The molecule has 0 aliphatic carbocycles. The Labute approximate surface area is 105 Å². The number of benzene rings is 1. The molecule has 0 heterocycles. The molecular formula is C15H25NO. The van der Waals surface area contributed by atoms with Crippen molar-refractivity contribution in [3.63, 3.8) is 0 Å². The van der Waals surface area contributed by atoms with Gasteiger partial charge in [0.1, 0.15) is 0 Å². The highest BCUT2D eigenvalue weighted by molar-refractivity contribution is 5.52. The van der Waals surface area contributed by atoms with E-state index in [1.807, 2.05) is 25.1 Å². The average molecular weight is 235 g/mol. The number of hydrogen-bond donors (Lipinski definition) is 2. The summed E-state index contributed by atoms with van der Waals surface area (Å²) in [6.07, 6.45) is 4.33. The third kappa shape index (κ3) is 4.39. The minimum absolute atomic E-state index is 0.414. The van der Waals surface area contributed by atoms with Crippen LogP contribution in [0.15, 0.2) is 24.3 Å². The SMILES string of the molecule is CCCC(CCC)Nc1ccccc1C(C)O. The minimum Gasteiger partial charge on any atom is -0.389 e. The molecule has 96 valence electrons. The van der Waals surface area contributed by atoms with Crippen molar-refractivity contribution >= 4 is 5.69 Å². The summed E-state index contributed by atoms with van der Waals surface area (Å²) in [5, 5.41) is 13.3. The van der Waals surface area contributed by atoms with Crippen LogP contribution in [0.25, 0.3) is 0 Å². The van der Waals surface area contributed by atoms with Gasteiger partial charge in [-0.25, -0.2) is 0 Å². The van der Waals surface area contributed by atoms with Gasteiger partial charge in [-0.2, -0.15) is 0 Å². The lowest BCUT2D eigenvalue weighted by Gasteiger charge is -2.21. The smallest absolute Gasteiger partial charge is 0.0781 e. The Morgan fingerprint density at radius 2 is 1.71 bits per heavy atom. The van der Waals surface area contributed by atoms with Crippen molar-refractivity contribution < 1.29 is 5.11 Å². The lowest BCUT2D eigenvalue weighted by atomic mass is 10.0. The topological polar surface area (TPSA) is 32.3 Å². The Balaban J connectivity index is 2.77. The van der Waals surface area contributed by atoms with Crippen LogP contribution in [0.3, 0.4) is 0 Å². The normalized spacial score (nSPS) is 12.8. The second-order valence-corrected chi connectivity index (χ2v) is 4.68. The van der Waals surface area contributed by atoms with E-state index in [1.54, 1.807) is 0 Å². The van der Waals surface area contributed by atoms with Crippen LogP contribution in [-0.2, 0) is 0 Å². The van der Waals surface area contributed by atoms with Crippen LogP contribution in [0, 0.1) is 0 Å². The van der Waals surface area contributed by atoms with Crippen molar-refractivity contribution in [2.45, 2.75) is 58.6 Å². The van der Waals surface area contributed by atoms with E-state index in [4.69, 9.17) is 0 Å². The van der Waals surface area contributed by atoms with Crippen molar-refractivity contribution in [1.82, 2.24) is 0 Å². The highest BCUT2D eigenvalue weighted by Gasteiger charge is 2.11. The third-order valence-corrected chi connectivity index (χ3v) is 3.04. The predicted octanol–water partition coefficient (Wildman–Crippen LogP) is 4.12. The summed E-state index contributed by atoms with van der Waals surface area (Å²) in [5.74, 6) is 0.